The molecule has 0 aromatic heterocycles. The van der Waals surface area contributed by atoms with Crippen molar-refractivity contribution in [3.63, 3.8) is 0 Å². The molecule has 0 spiro atoms. The second-order valence-corrected chi connectivity index (χ2v) is 7.66. The van der Waals surface area contributed by atoms with Crippen LogP contribution in [0.1, 0.15) is 12.5 Å². The molecule has 1 N–H and O–H groups in total. The third-order valence-electron chi connectivity index (χ3n) is 4.66. The third kappa shape index (κ3) is 5.25. The van der Waals surface area contributed by atoms with Gasteiger partial charge in [-0.1, -0.05) is 11.8 Å². The number of hydrogen-bond donors (Lipinski definition) is 1. The zero-order valence-corrected chi connectivity index (χ0v) is 19.8. The molecule has 0 saturated carbocycles. The number of esters is 1. The molecular formula is C24H25NO7S. The van der Waals surface area contributed by atoms with Crippen molar-refractivity contribution in [3.05, 3.63) is 58.2 Å². The van der Waals surface area contributed by atoms with Crippen molar-refractivity contribution in [1.82, 2.24) is 0 Å². The van der Waals surface area contributed by atoms with Crippen molar-refractivity contribution in [1.29, 1.82) is 0 Å². The van der Waals surface area contributed by atoms with Crippen LogP contribution in [0.25, 0.3) is 6.08 Å². The molecule has 174 valence electrons. The highest BCUT2D eigenvalue weighted by Gasteiger charge is 2.33. The maximum Gasteiger partial charge on any atom is 0.344 e. The van der Waals surface area contributed by atoms with Crippen LogP contribution in [0.3, 0.4) is 0 Å². The third-order valence-corrected chi connectivity index (χ3v) is 5.68. The number of ether oxygens (including phenoxy) is 5. The van der Waals surface area contributed by atoms with Crippen LogP contribution in [0.4, 0.5) is 5.69 Å². The predicted molar refractivity (Wildman–Crippen MR) is 128 cm³/mol. The van der Waals surface area contributed by atoms with Crippen LogP contribution >= 0.6 is 11.8 Å². The molecule has 0 atom stereocenters. The Kier molecular flexibility index (Phi) is 7.89. The summed E-state index contributed by atoms with van der Waals surface area (Å²) in [4.78, 5) is 17.6. The molecular weight excluding hydrogens is 446 g/mol. The molecule has 1 heterocycles. The molecule has 0 radical (unpaired) electrons. The fourth-order valence-corrected chi connectivity index (χ4v) is 4.14. The topological polar surface area (TPSA) is 95.8 Å². The minimum Gasteiger partial charge on any atom is -0.506 e. The molecule has 33 heavy (non-hydrogen) atoms. The van der Waals surface area contributed by atoms with Gasteiger partial charge in [0.05, 0.1) is 45.6 Å². The van der Waals surface area contributed by atoms with E-state index in [1.807, 2.05) is 0 Å². The largest absolute Gasteiger partial charge is 0.506 e. The van der Waals surface area contributed by atoms with E-state index >= 15 is 0 Å². The molecule has 8 nitrogen and oxygen atoms in total. The van der Waals surface area contributed by atoms with Gasteiger partial charge in [-0.3, -0.25) is 0 Å². The number of methoxy groups -OCH3 is 4. The van der Waals surface area contributed by atoms with E-state index in [0.29, 0.717) is 44.2 Å². The highest BCUT2D eigenvalue weighted by molar-refractivity contribution is 8.18. The highest BCUT2D eigenvalue weighted by atomic mass is 32.2. The van der Waals surface area contributed by atoms with Crippen LogP contribution in [0.5, 0.6) is 23.0 Å². The number of aliphatic hydroxyl groups excluding tert-OH is 1. The molecule has 0 unspecified atom stereocenters. The number of hydrogen-bond acceptors (Lipinski definition) is 9. The lowest BCUT2D eigenvalue weighted by Gasteiger charge is -2.13. The molecule has 3 rings (SSSR count). The summed E-state index contributed by atoms with van der Waals surface area (Å²) in [5.74, 6) is 1.21. The molecule has 0 fully saturated rings. The summed E-state index contributed by atoms with van der Waals surface area (Å²) >= 11 is 1.16. The van der Waals surface area contributed by atoms with E-state index in [4.69, 9.17) is 23.7 Å². The van der Waals surface area contributed by atoms with E-state index in [1.54, 1.807) is 56.5 Å². The first-order chi connectivity index (χ1) is 15.9. The highest BCUT2D eigenvalue weighted by Crippen LogP contribution is 2.43. The van der Waals surface area contributed by atoms with E-state index < -0.39 is 5.97 Å². The number of thioether (sulfide) groups is 1. The summed E-state index contributed by atoms with van der Waals surface area (Å²) in [7, 11) is 6.14. The van der Waals surface area contributed by atoms with E-state index in [9.17, 15) is 9.90 Å². The summed E-state index contributed by atoms with van der Waals surface area (Å²) in [5, 5.41) is 11.2. The van der Waals surface area contributed by atoms with Gasteiger partial charge in [0.2, 0.25) is 5.75 Å². The lowest BCUT2D eigenvalue weighted by atomic mass is 10.1. The van der Waals surface area contributed by atoms with Crippen LogP contribution in [0.2, 0.25) is 0 Å². The van der Waals surface area contributed by atoms with Crippen LogP contribution in [0.15, 0.2) is 57.6 Å². The number of rotatable bonds is 8. The zero-order chi connectivity index (χ0) is 24.0. The number of carbonyl (C=O) groups is 1. The summed E-state index contributed by atoms with van der Waals surface area (Å²) in [6.45, 7) is 1.87. The number of benzene rings is 2. The average Bonchev–Trinajstić information content (AvgIpc) is 3.13. The van der Waals surface area contributed by atoms with Crippen molar-refractivity contribution >= 4 is 34.5 Å². The molecule has 2 aromatic carbocycles. The minimum absolute atomic E-state index is 0.0105. The van der Waals surface area contributed by atoms with Crippen LogP contribution in [-0.4, -0.2) is 51.2 Å². The minimum atomic E-state index is -0.650. The molecule has 9 heteroatoms. The lowest BCUT2D eigenvalue weighted by Crippen LogP contribution is -2.12. The number of carbonyl (C=O) groups excluding carboxylic acids is 1. The van der Waals surface area contributed by atoms with Gasteiger partial charge in [-0.25, -0.2) is 9.79 Å². The standard InChI is InChI=1S/C24H25NO7S/c1-6-32-24(27)20-21(26)19(33-23(20)25-15-7-9-16(28-2)10-8-15)13-14-11-17(29-3)22(31-5)18(12-14)30-4/h7-13,26H,6H2,1-5H3/b19-13+,25-23?. The normalized spacial score (nSPS) is 15.7. The maximum atomic E-state index is 12.6. The molecule has 2 aromatic rings. The Morgan fingerprint density at radius 1 is 1.00 bits per heavy atom. The van der Waals surface area contributed by atoms with Gasteiger partial charge in [0, 0.05) is 0 Å². The van der Waals surface area contributed by atoms with E-state index in [-0.39, 0.29) is 17.9 Å². The Balaban J connectivity index is 2.07. The predicted octanol–water partition coefficient (Wildman–Crippen LogP) is 4.91. The summed E-state index contributed by atoms with van der Waals surface area (Å²) in [5.41, 5.74) is 1.28. The van der Waals surface area contributed by atoms with Gasteiger partial charge >= 0.3 is 5.97 Å². The van der Waals surface area contributed by atoms with Crippen molar-refractivity contribution < 1.29 is 33.6 Å². The van der Waals surface area contributed by atoms with Crippen molar-refractivity contribution in [2.24, 2.45) is 4.99 Å². The van der Waals surface area contributed by atoms with Crippen molar-refractivity contribution in [2.45, 2.75) is 6.92 Å². The fraction of sp³-hybridized carbons (Fsp3) is 0.250. The van der Waals surface area contributed by atoms with E-state index in [0.717, 1.165) is 11.8 Å². The van der Waals surface area contributed by atoms with Gasteiger partial charge in [-0.05, 0) is 55.0 Å². The molecule has 0 amide bonds. The molecule has 0 aliphatic carbocycles. The second-order valence-electron chi connectivity index (χ2n) is 6.63. The number of aliphatic hydroxyl groups is 1. The molecule has 0 bridgehead atoms. The summed E-state index contributed by atoms with van der Waals surface area (Å²) < 4.78 is 26.5. The first kappa shape index (κ1) is 24.1. The Morgan fingerprint density at radius 3 is 2.15 bits per heavy atom. The van der Waals surface area contributed by atoms with Crippen molar-refractivity contribution in [3.8, 4) is 23.0 Å². The quantitative estimate of drug-likeness (QED) is 0.543. The smallest absolute Gasteiger partial charge is 0.344 e. The Hall–Kier alpha value is -3.59. The van der Waals surface area contributed by atoms with E-state index in [1.165, 1.54) is 21.3 Å². The monoisotopic (exact) mass is 471 g/mol. The second kappa shape index (κ2) is 10.8. The SMILES string of the molecule is CCOC(=O)C1=C(O)/C(=C\c2cc(OC)c(OC)c(OC)c2)SC1=Nc1ccc(OC)cc1. The van der Waals surface area contributed by atoms with Gasteiger partial charge in [-0.15, -0.1) is 0 Å². The van der Waals surface area contributed by atoms with E-state index in [2.05, 4.69) is 4.99 Å². The molecule has 0 saturated heterocycles. The first-order valence-corrected chi connectivity index (χ1v) is 10.8. The fourth-order valence-electron chi connectivity index (χ4n) is 3.10. The summed E-state index contributed by atoms with van der Waals surface area (Å²) in [6, 6.07) is 10.5. The Morgan fingerprint density at radius 2 is 1.64 bits per heavy atom. The van der Waals surface area contributed by atoms with Crippen LogP contribution in [0, 0.1) is 0 Å². The number of aliphatic imine (C=N–C) groups is 1. The first-order valence-electron chi connectivity index (χ1n) is 9.99. The van der Waals surface area contributed by atoms with Gasteiger partial charge in [0.25, 0.3) is 0 Å². The van der Waals surface area contributed by atoms with Gasteiger partial charge in [-0.2, -0.15) is 0 Å². The average molecular weight is 472 g/mol. The van der Waals surface area contributed by atoms with Crippen LogP contribution < -0.4 is 18.9 Å². The molecule has 1 aliphatic heterocycles. The van der Waals surface area contributed by atoms with Crippen LogP contribution in [-0.2, 0) is 9.53 Å². The van der Waals surface area contributed by atoms with Gasteiger partial charge in [0.15, 0.2) is 11.5 Å². The Labute approximate surface area is 196 Å². The Bertz CT molecular complexity index is 1100. The maximum absolute atomic E-state index is 12.6. The van der Waals surface area contributed by atoms with Crippen molar-refractivity contribution in [2.75, 3.05) is 35.0 Å². The van der Waals surface area contributed by atoms with Gasteiger partial charge < -0.3 is 28.8 Å². The zero-order valence-electron chi connectivity index (χ0n) is 19.0. The number of nitrogens with zero attached hydrogens (tertiary/aromatic N) is 1. The molecule has 1 aliphatic rings. The lowest BCUT2D eigenvalue weighted by molar-refractivity contribution is -0.138. The summed E-state index contributed by atoms with van der Waals surface area (Å²) in [6.07, 6.45) is 1.71. The van der Waals surface area contributed by atoms with Gasteiger partial charge in [0.1, 0.15) is 22.1 Å².